The third-order valence-electron chi connectivity index (χ3n) is 6.29. The highest BCUT2D eigenvalue weighted by Gasteiger charge is 2.47. The average molecular weight is 441 g/mol. The monoisotopic (exact) mass is 441 g/mol. The number of anilines is 2. The number of aryl methyl sites for hydroxylation is 1. The summed E-state index contributed by atoms with van der Waals surface area (Å²) in [7, 11) is 1.58. The van der Waals surface area contributed by atoms with E-state index >= 15 is 0 Å². The summed E-state index contributed by atoms with van der Waals surface area (Å²) in [6.07, 6.45) is 5.11. The lowest BCUT2D eigenvalue weighted by atomic mass is 9.85. The molecule has 33 heavy (non-hydrogen) atoms. The summed E-state index contributed by atoms with van der Waals surface area (Å²) in [5.41, 5.74) is 2.97. The van der Waals surface area contributed by atoms with Gasteiger partial charge in [0.1, 0.15) is 11.3 Å². The molecule has 3 aromatic rings. The molecule has 0 saturated carbocycles. The second-order valence-corrected chi connectivity index (χ2v) is 8.34. The first-order chi connectivity index (χ1) is 16.0. The maximum Gasteiger partial charge on any atom is 0.255 e. The lowest BCUT2D eigenvalue weighted by molar-refractivity contribution is -0.122. The van der Waals surface area contributed by atoms with E-state index in [9.17, 15) is 14.4 Å². The maximum absolute atomic E-state index is 13.0. The summed E-state index contributed by atoms with van der Waals surface area (Å²) >= 11 is 0. The Morgan fingerprint density at radius 1 is 1.03 bits per heavy atom. The highest BCUT2D eigenvalue weighted by Crippen LogP contribution is 2.37. The van der Waals surface area contributed by atoms with Gasteiger partial charge in [-0.3, -0.25) is 19.3 Å². The van der Waals surface area contributed by atoms with E-state index in [-0.39, 0.29) is 29.6 Å². The number of methoxy groups -OCH3 is 1. The molecule has 2 aromatic carbocycles. The van der Waals surface area contributed by atoms with Crippen molar-refractivity contribution in [3.05, 3.63) is 71.9 Å². The third-order valence-corrected chi connectivity index (χ3v) is 6.29. The fourth-order valence-corrected chi connectivity index (χ4v) is 4.63. The second-order valence-electron chi connectivity index (χ2n) is 8.34. The van der Waals surface area contributed by atoms with Crippen LogP contribution >= 0.6 is 0 Å². The van der Waals surface area contributed by atoms with E-state index in [0.29, 0.717) is 41.0 Å². The zero-order chi connectivity index (χ0) is 23.1. The van der Waals surface area contributed by atoms with Gasteiger partial charge in [-0.25, -0.2) is 4.98 Å². The molecule has 1 aliphatic heterocycles. The first-order valence-corrected chi connectivity index (χ1v) is 10.9. The van der Waals surface area contributed by atoms with Gasteiger partial charge in [-0.05, 0) is 56.2 Å². The van der Waals surface area contributed by atoms with Crippen LogP contribution in [-0.4, -0.2) is 29.8 Å². The van der Waals surface area contributed by atoms with Gasteiger partial charge < -0.3 is 10.1 Å². The maximum atomic E-state index is 13.0. The SMILES string of the molecule is COc1cccc2c(NC(=O)c3ccc(N4C(=O)C5CC=CCC5C4=O)cc3)cc(C)nc12. The van der Waals surface area contributed by atoms with Gasteiger partial charge in [0.15, 0.2) is 0 Å². The molecule has 2 heterocycles. The molecule has 2 aliphatic rings. The van der Waals surface area contributed by atoms with Gasteiger partial charge in [0, 0.05) is 16.6 Å². The number of aromatic nitrogens is 1. The Labute approximate surface area is 191 Å². The highest BCUT2D eigenvalue weighted by molar-refractivity contribution is 6.22. The van der Waals surface area contributed by atoms with E-state index in [0.717, 1.165) is 11.1 Å². The number of nitrogens with one attached hydrogen (secondary N) is 1. The Kier molecular flexibility index (Phi) is 5.17. The second kappa shape index (κ2) is 8.16. The number of rotatable bonds is 4. The molecular formula is C26H23N3O4. The molecule has 0 radical (unpaired) electrons. The van der Waals surface area contributed by atoms with Crippen LogP contribution in [0, 0.1) is 18.8 Å². The van der Waals surface area contributed by atoms with Gasteiger partial charge in [-0.1, -0.05) is 24.3 Å². The predicted octanol–water partition coefficient (Wildman–Crippen LogP) is 4.26. The normalized spacial score (nSPS) is 19.6. The summed E-state index contributed by atoms with van der Waals surface area (Å²) in [6, 6.07) is 13.9. The van der Waals surface area contributed by atoms with Crippen molar-refractivity contribution in [3.63, 3.8) is 0 Å². The molecule has 2 atom stereocenters. The molecule has 3 amide bonds. The van der Waals surface area contributed by atoms with Crippen molar-refractivity contribution >= 4 is 40.0 Å². The lowest BCUT2D eigenvalue weighted by Crippen LogP contribution is -2.30. The Morgan fingerprint density at radius 2 is 1.70 bits per heavy atom. The fourth-order valence-electron chi connectivity index (χ4n) is 4.63. The zero-order valence-electron chi connectivity index (χ0n) is 18.4. The third kappa shape index (κ3) is 3.55. The number of benzene rings is 2. The van der Waals surface area contributed by atoms with Gasteiger partial charge in [0.05, 0.1) is 30.3 Å². The number of hydrogen-bond donors (Lipinski definition) is 1. The summed E-state index contributed by atoms with van der Waals surface area (Å²) < 4.78 is 5.40. The predicted molar refractivity (Wildman–Crippen MR) is 125 cm³/mol. The van der Waals surface area contributed by atoms with Gasteiger partial charge in [0.25, 0.3) is 5.91 Å². The Hall–Kier alpha value is -4.00. The van der Waals surface area contributed by atoms with E-state index in [2.05, 4.69) is 10.3 Å². The quantitative estimate of drug-likeness (QED) is 0.483. The smallest absolute Gasteiger partial charge is 0.255 e. The van der Waals surface area contributed by atoms with Crippen LogP contribution in [0.1, 0.15) is 28.9 Å². The Bertz CT molecular complexity index is 1290. The largest absolute Gasteiger partial charge is 0.494 e. The minimum Gasteiger partial charge on any atom is -0.494 e. The average Bonchev–Trinajstić information content (AvgIpc) is 3.09. The molecule has 1 aromatic heterocycles. The number of carbonyl (C=O) groups excluding carboxylic acids is 3. The van der Waals surface area contributed by atoms with Crippen molar-refractivity contribution in [1.29, 1.82) is 0 Å². The number of nitrogens with zero attached hydrogens (tertiary/aromatic N) is 2. The van der Waals surface area contributed by atoms with Crippen LogP contribution in [0.4, 0.5) is 11.4 Å². The number of amides is 3. The summed E-state index contributed by atoms with van der Waals surface area (Å²) in [6.45, 7) is 1.85. The minimum atomic E-state index is -0.298. The fraction of sp³-hybridized carbons (Fsp3) is 0.231. The summed E-state index contributed by atoms with van der Waals surface area (Å²) in [4.78, 5) is 44.4. The van der Waals surface area contributed by atoms with Crippen LogP contribution in [0.25, 0.3) is 10.9 Å². The van der Waals surface area contributed by atoms with Crippen LogP contribution in [0.2, 0.25) is 0 Å². The molecule has 5 rings (SSSR count). The number of fused-ring (bicyclic) bond motifs is 2. The van der Waals surface area contributed by atoms with Crippen LogP contribution in [-0.2, 0) is 9.59 Å². The van der Waals surface area contributed by atoms with Gasteiger partial charge in [0.2, 0.25) is 11.8 Å². The van der Waals surface area contributed by atoms with Gasteiger partial charge in [-0.15, -0.1) is 0 Å². The lowest BCUT2D eigenvalue weighted by Gasteiger charge is -2.15. The number of pyridine rings is 1. The molecule has 166 valence electrons. The summed E-state index contributed by atoms with van der Waals surface area (Å²) in [5.74, 6) is -0.574. The van der Waals surface area contributed by atoms with E-state index in [1.807, 2.05) is 43.3 Å². The molecule has 0 bridgehead atoms. The van der Waals surface area contributed by atoms with Crippen LogP contribution in [0.15, 0.2) is 60.7 Å². The topological polar surface area (TPSA) is 88.6 Å². The molecule has 1 N–H and O–H groups in total. The van der Waals surface area contributed by atoms with Gasteiger partial charge in [-0.2, -0.15) is 0 Å². The highest BCUT2D eigenvalue weighted by atomic mass is 16.5. The molecule has 2 unspecified atom stereocenters. The molecule has 1 fully saturated rings. The van der Waals surface area contributed by atoms with Crippen LogP contribution < -0.4 is 15.0 Å². The van der Waals surface area contributed by atoms with E-state index in [4.69, 9.17) is 4.74 Å². The molecule has 7 nitrogen and oxygen atoms in total. The number of para-hydroxylation sites is 1. The van der Waals surface area contributed by atoms with Crippen molar-refractivity contribution in [3.8, 4) is 5.75 Å². The number of allylic oxidation sites excluding steroid dienone is 2. The van der Waals surface area contributed by atoms with E-state index < -0.39 is 0 Å². The van der Waals surface area contributed by atoms with Crippen molar-refractivity contribution in [2.75, 3.05) is 17.3 Å². The number of carbonyl (C=O) groups is 3. The van der Waals surface area contributed by atoms with Crippen molar-refractivity contribution < 1.29 is 19.1 Å². The van der Waals surface area contributed by atoms with Gasteiger partial charge >= 0.3 is 0 Å². The van der Waals surface area contributed by atoms with Crippen molar-refractivity contribution in [2.24, 2.45) is 11.8 Å². The zero-order valence-corrected chi connectivity index (χ0v) is 18.4. The molecular weight excluding hydrogens is 418 g/mol. The Balaban J connectivity index is 1.39. The minimum absolute atomic E-state index is 0.167. The number of ether oxygens (including phenoxy) is 1. The van der Waals surface area contributed by atoms with Crippen molar-refractivity contribution in [2.45, 2.75) is 19.8 Å². The standard InChI is InChI=1S/C26H23N3O4/c1-15-14-21(20-8-5-9-22(33-2)23(20)27-15)28-24(30)16-10-12-17(13-11-16)29-25(31)18-6-3-4-7-19(18)26(29)32/h3-5,8-14,18-19H,6-7H2,1-2H3,(H,27,28,30). The molecule has 0 spiro atoms. The van der Waals surface area contributed by atoms with Crippen LogP contribution in [0.5, 0.6) is 5.75 Å². The van der Waals surface area contributed by atoms with Crippen molar-refractivity contribution in [1.82, 2.24) is 4.98 Å². The van der Waals surface area contributed by atoms with E-state index in [1.165, 1.54) is 4.90 Å². The van der Waals surface area contributed by atoms with E-state index in [1.54, 1.807) is 31.4 Å². The first-order valence-electron chi connectivity index (χ1n) is 10.9. The Morgan fingerprint density at radius 3 is 2.33 bits per heavy atom. The molecule has 1 saturated heterocycles. The number of imide groups is 1. The molecule has 1 aliphatic carbocycles. The summed E-state index contributed by atoms with van der Waals surface area (Å²) in [5, 5.41) is 3.72. The van der Waals surface area contributed by atoms with Crippen LogP contribution in [0.3, 0.4) is 0 Å². The number of hydrogen-bond acceptors (Lipinski definition) is 5. The first kappa shape index (κ1) is 20.9. The molecule has 7 heteroatoms.